The number of fused-ring (bicyclic) bond motifs is 1. The molecule has 1 aromatic carbocycles. The smallest absolute Gasteiger partial charge is 0.254 e. The van der Waals surface area contributed by atoms with Crippen LogP contribution in [0, 0.1) is 0 Å². The third-order valence-electron chi connectivity index (χ3n) is 2.83. The monoisotopic (exact) mass is 234 g/mol. The van der Waals surface area contributed by atoms with Crippen LogP contribution in [0.15, 0.2) is 18.2 Å². The summed E-state index contributed by atoms with van der Waals surface area (Å²) in [5, 5.41) is 0. The summed E-state index contributed by atoms with van der Waals surface area (Å²) < 4.78 is 5.11. The summed E-state index contributed by atoms with van der Waals surface area (Å²) in [6.45, 7) is 0.492. The number of methoxy groups -OCH3 is 1. The summed E-state index contributed by atoms with van der Waals surface area (Å²) in [5.41, 5.74) is 6.68. The molecular formula is C12H14N2O3. The Hall–Kier alpha value is -2.04. The van der Waals surface area contributed by atoms with Crippen molar-refractivity contribution in [2.24, 2.45) is 5.73 Å². The molecule has 1 heterocycles. The summed E-state index contributed by atoms with van der Waals surface area (Å²) in [4.78, 5) is 24.3. The van der Waals surface area contributed by atoms with Gasteiger partial charge in [-0.2, -0.15) is 0 Å². The number of ether oxygens (including phenoxy) is 1. The highest BCUT2D eigenvalue weighted by Crippen LogP contribution is 2.23. The van der Waals surface area contributed by atoms with Crippen LogP contribution in [0.3, 0.4) is 0 Å². The largest absolute Gasteiger partial charge is 0.497 e. The highest BCUT2D eigenvalue weighted by Gasteiger charge is 2.25. The van der Waals surface area contributed by atoms with Crippen LogP contribution in [0.1, 0.15) is 15.9 Å². The number of primary amides is 1. The molecule has 2 N–H and O–H groups in total. The lowest BCUT2D eigenvalue weighted by Gasteiger charge is -2.27. The lowest BCUT2D eigenvalue weighted by molar-refractivity contribution is -0.118. The van der Waals surface area contributed by atoms with Gasteiger partial charge in [0.1, 0.15) is 5.75 Å². The van der Waals surface area contributed by atoms with Crippen molar-refractivity contribution < 1.29 is 14.3 Å². The van der Waals surface area contributed by atoms with E-state index in [1.807, 2.05) is 6.07 Å². The van der Waals surface area contributed by atoms with Crippen LogP contribution in [-0.2, 0) is 11.2 Å². The Kier molecular flexibility index (Phi) is 2.99. The molecule has 2 amide bonds. The second-order valence-corrected chi connectivity index (χ2v) is 3.97. The number of hydrogen-bond donors (Lipinski definition) is 1. The maximum atomic E-state index is 12.0. The molecule has 5 heteroatoms. The van der Waals surface area contributed by atoms with Gasteiger partial charge in [-0.1, -0.05) is 0 Å². The van der Waals surface area contributed by atoms with Gasteiger partial charge in [0, 0.05) is 12.1 Å². The minimum absolute atomic E-state index is 0.0235. The Balaban J connectivity index is 2.27. The fourth-order valence-electron chi connectivity index (χ4n) is 1.98. The van der Waals surface area contributed by atoms with Crippen LogP contribution in [0.4, 0.5) is 0 Å². The fraction of sp³-hybridized carbons (Fsp3) is 0.333. The number of nitrogens with zero attached hydrogens (tertiary/aromatic N) is 1. The van der Waals surface area contributed by atoms with Crippen LogP contribution in [0.5, 0.6) is 5.75 Å². The third kappa shape index (κ3) is 2.22. The standard InChI is InChI=1S/C12H14N2O3/c1-17-9-2-3-10-8(6-9)4-5-14(12(10)16)7-11(13)15/h2-3,6H,4-5,7H2,1H3,(H2,13,15). The van der Waals surface area contributed by atoms with E-state index in [1.165, 1.54) is 4.90 Å². The summed E-state index contributed by atoms with van der Waals surface area (Å²) in [7, 11) is 1.59. The van der Waals surface area contributed by atoms with Crippen molar-refractivity contribution in [1.82, 2.24) is 4.90 Å². The van der Waals surface area contributed by atoms with Gasteiger partial charge in [-0.25, -0.2) is 0 Å². The molecule has 2 rings (SSSR count). The van der Waals surface area contributed by atoms with Gasteiger partial charge in [0.25, 0.3) is 5.91 Å². The predicted octanol–water partition coefficient (Wildman–Crippen LogP) is 0.179. The fourth-order valence-corrected chi connectivity index (χ4v) is 1.98. The van der Waals surface area contributed by atoms with Crippen molar-refractivity contribution in [2.75, 3.05) is 20.2 Å². The van der Waals surface area contributed by atoms with E-state index in [9.17, 15) is 9.59 Å². The predicted molar refractivity (Wildman–Crippen MR) is 61.8 cm³/mol. The lowest BCUT2D eigenvalue weighted by atomic mass is 9.98. The molecule has 0 bridgehead atoms. The molecule has 1 aromatic rings. The van der Waals surface area contributed by atoms with Crippen LogP contribution in [-0.4, -0.2) is 36.9 Å². The topological polar surface area (TPSA) is 72.6 Å². The number of hydrogen-bond acceptors (Lipinski definition) is 3. The highest BCUT2D eigenvalue weighted by atomic mass is 16.5. The average molecular weight is 234 g/mol. The first-order chi connectivity index (χ1) is 8.11. The molecule has 0 saturated heterocycles. The number of benzene rings is 1. The molecular weight excluding hydrogens is 220 g/mol. The number of nitrogens with two attached hydrogens (primary N) is 1. The van der Waals surface area contributed by atoms with Gasteiger partial charge in [0.15, 0.2) is 0 Å². The van der Waals surface area contributed by atoms with Crippen molar-refractivity contribution in [3.63, 3.8) is 0 Å². The van der Waals surface area contributed by atoms with Crippen molar-refractivity contribution in [1.29, 1.82) is 0 Å². The van der Waals surface area contributed by atoms with E-state index < -0.39 is 5.91 Å². The zero-order valence-corrected chi connectivity index (χ0v) is 9.60. The van der Waals surface area contributed by atoms with Gasteiger partial charge in [-0.15, -0.1) is 0 Å². The second-order valence-electron chi connectivity index (χ2n) is 3.97. The average Bonchev–Trinajstić information content (AvgIpc) is 2.32. The molecule has 0 atom stereocenters. The molecule has 0 radical (unpaired) electrons. The van der Waals surface area contributed by atoms with E-state index in [1.54, 1.807) is 19.2 Å². The van der Waals surface area contributed by atoms with E-state index in [0.29, 0.717) is 18.5 Å². The maximum Gasteiger partial charge on any atom is 0.254 e. The zero-order valence-electron chi connectivity index (χ0n) is 9.60. The summed E-state index contributed by atoms with van der Waals surface area (Å²) in [6.07, 6.45) is 0.714. The molecule has 5 nitrogen and oxygen atoms in total. The Labute approximate surface area is 99.2 Å². The number of carbonyl (C=O) groups is 2. The van der Waals surface area contributed by atoms with E-state index in [0.717, 1.165) is 11.3 Å². The van der Waals surface area contributed by atoms with Crippen LogP contribution in [0.25, 0.3) is 0 Å². The maximum absolute atomic E-state index is 12.0. The molecule has 0 spiro atoms. The van der Waals surface area contributed by atoms with Crippen LogP contribution < -0.4 is 10.5 Å². The van der Waals surface area contributed by atoms with Crippen LogP contribution in [0.2, 0.25) is 0 Å². The molecule has 0 aliphatic carbocycles. The first-order valence-electron chi connectivity index (χ1n) is 5.36. The number of amides is 2. The molecule has 1 aliphatic rings. The van der Waals surface area contributed by atoms with Crippen molar-refractivity contribution >= 4 is 11.8 Å². The molecule has 0 aromatic heterocycles. The first-order valence-corrected chi connectivity index (χ1v) is 5.36. The molecule has 0 unspecified atom stereocenters. The highest BCUT2D eigenvalue weighted by molar-refractivity contribution is 5.98. The van der Waals surface area contributed by atoms with Gasteiger partial charge in [0.2, 0.25) is 5.91 Å². The normalized spacial score (nSPS) is 14.4. The Morgan fingerprint density at radius 1 is 1.53 bits per heavy atom. The summed E-state index contributed by atoms with van der Waals surface area (Å²) >= 11 is 0. The van der Waals surface area contributed by atoms with Crippen molar-refractivity contribution in [3.8, 4) is 5.75 Å². The van der Waals surface area contributed by atoms with E-state index in [-0.39, 0.29) is 12.5 Å². The molecule has 90 valence electrons. The minimum Gasteiger partial charge on any atom is -0.497 e. The molecule has 17 heavy (non-hydrogen) atoms. The van der Waals surface area contributed by atoms with E-state index >= 15 is 0 Å². The minimum atomic E-state index is -0.490. The second kappa shape index (κ2) is 4.45. The third-order valence-corrected chi connectivity index (χ3v) is 2.83. The Bertz CT molecular complexity index is 471. The van der Waals surface area contributed by atoms with E-state index in [4.69, 9.17) is 10.5 Å². The SMILES string of the molecule is COc1ccc2c(c1)CCN(CC(N)=O)C2=O. The van der Waals surface area contributed by atoms with Crippen LogP contribution >= 0.6 is 0 Å². The van der Waals surface area contributed by atoms with Gasteiger partial charge < -0.3 is 15.4 Å². The van der Waals surface area contributed by atoms with Gasteiger partial charge >= 0.3 is 0 Å². The van der Waals surface area contributed by atoms with E-state index in [2.05, 4.69) is 0 Å². The zero-order chi connectivity index (χ0) is 12.4. The quantitative estimate of drug-likeness (QED) is 0.810. The summed E-state index contributed by atoms with van der Waals surface area (Å²) in [6, 6.07) is 5.32. The van der Waals surface area contributed by atoms with Gasteiger partial charge in [0.05, 0.1) is 13.7 Å². The Morgan fingerprint density at radius 3 is 2.94 bits per heavy atom. The lowest BCUT2D eigenvalue weighted by Crippen LogP contribution is -2.42. The molecule has 1 aliphatic heterocycles. The number of rotatable bonds is 3. The molecule has 0 saturated carbocycles. The molecule has 0 fully saturated rings. The van der Waals surface area contributed by atoms with Crippen molar-refractivity contribution in [2.45, 2.75) is 6.42 Å². The number of carbonyl (C=O) groups excluding carboxylic acids is 2. The first kappa shape index (κ1) is 11.4. The van der Waals surface area contributed by atoms with Gasteiger partial charge in [-0.05, 0) is 30.2 Å². The Morgan fingerprint density at radius 2 is 2.29 bits per heavy atom. The van der Waals surface area contributed by atoms with Gasteiger partial charge in [-0.3, -0.25) is 9.59 Å². The van der Waals surface area contributed by atoms with Crippen molar-refractivity contribution in [3.05, 3.63) is 29.3 Å². The summed E-state index contributed by atoms with van der Waals surface area (Å²) in [5.74, 6) is 0.0999.